The van der Waals surface area contributed by atoms with Crippen LogP contribution in [0.1, 0.15) is 28.0 Å². The molecule has 0 saturated carbocycles. The monoisotopic (exact) mass is 408 g/mol. The number of Topliss-reactive ketones (excluding diaryl/α,β-unsaturated/α-hetero) is 1. The van der Waals surface area contributed by atoms with Gasteiger partial charge in [-0.1, -0.05) is 12.1 Å². The van der Waals surface area contributed by atoms with E-state index >= 15 is 0 Å². The molecule has 1 aromatic carbocycles. The predicted octanol–water partition coefficient (Wildman–Crippen LogP) is 3.02. The highest BCUT2D eigenvalue weighted by atomic mass is 32.2. The van der Waals surface area contributed by atoms with Gasteiger partial charge in [0, 0.05) is 49.5 Å². The van der Waals surface area contributed by atoms with Crippen molar-refractivity contribution in [2.45, 2.75) is 29.8 Å². The number of aryl methyl sites for hydroxylation is 2. The topological polar surface area (TPSA) is 86.3 Å². The molecule has 7 nitrogen and oxygen atoms in total. The van der Waals surface area contributed by atoms with Crippen molar-refractivity contribution < 1.29 is 13.2 Å². The van der Waals surface area contributed by atoms with E-state index in [-0.39, 0.29) is 15.8 Å². The number of benzene rings is 1. The van der Waals surface area contributed by atoms with Crippen LogP contribution >= 0.6 is 0 Å². The van der Waals surface area contributed by atoms with E-state index < -0.39 is 9.84 Å². The maximum absolute atomic E-state index is 12.8. The molecule has 0 aliphatic carbocycles. The average molecular weight is 408 g/mol. The first-order valence-corrected chi connectivity index (χ1v) is 10.6. The molecule has 0 aliphatic heterocycles. The van der Waals surface area contributed by atoms with Gasteiger partial charge in [-0.05, 0) is 43.2 Å². The maximum Gasteiger partial charge on any atom is 0.240 e. The highest BCUT2D eigenvalue weighted by Crippen LogP contribution is 2.21. The van der Waals surface area contributed by atoms with Crippen LogP contribution in [-0.4, -0.2) is 33.1 Å². The van der Waals surface area contributed by atoms with E-state index in [0.717, 1.165) is 16.9 Å². The molecule has 0 radical (unpaired) electrons. The molecule has 0 amide bonds. The zero-order valence-corrected chi connectivity index (χ0v) is 16.9. The number of imidazole rings is 2. The van der Waals surface area contributed by atoms with Gasteiger partial charge in [0.15, 0.2) is 5.78 Å². The van der Waals surface area contributed by atoms with Gasteiger partial charge in [0.1, 0.15) is 5.65 Å². The number of carbonyl (C=O) groups excluding carboxylic acids is 1. The second-order valence-corrected chi connectivity index (χ2v) is 8.77. The molecule has 0 aliphatic rings. The first kappa shape index (κ1) is 19.1. The molecule has 3 aromatic heterocycles. The molecular weight excluding hydrogens is 388 g/mol. The van der Waals surface area contributed by atoms with Crippen molar-refractivity contribution in [2.24, 2.45) is 7.05 Å². The highest BCUT2D eigenvalue weighted by molar-refractivity contribution is 7.91. The SMILES string of the molecule is Cc1cnc(S(=O)(=O)c2ccc(CCC(=O)c3ccc4nccn4c3)cc2)n1C. The van der Waals surface area contributed by atoms with Crippen LogP contribution in [0.4, 0.5) is 0 Å². The Labute approximate surface area is 168 Å². The Hall–Kier alpha value is -3.26. The van der Waals surface area contributed by atoms with E-state index in [1.807, 2.05) is 10.5 Å². The molecule has 148 valence electrons. The molecule has 0 unspecified atom stereocenters. The van der Waals surface area contributed by atoms with Gasteiger partial charge < -0.3 is 8.97 Å². The average Bonchev–Trinajstić information content (AvgIpc) is 3.32. The number of sulfone groups is 1. The van der Waals surface area contributed by atoms with Crippen molar-refractivity contribution in [1.29, 1.82) is 0 Å². The van der Waals surface area contributed by atoms with Gasteiger partial charge in [0.2, 0.25) is 15.0 Å². The van der Waals surface area contributed by atoms with E-state index in [1.54, 1.807) is 67.5 Å². The van der Waals surface area contributed by atoms with E-state index in [9.17, 15) is 13.2 Å². The summed E-state index contributed by atoms with van der Waals surface area (Å²) in [5.74, 6) is 0.0285. The Kier molecular flexibility index (Phi) is 4.79. The van der Waals surface area contributed by atoms with Crippen LogP contribution in [0.3, 0.4) is 0 Å². The van der Waals surface area contributed by atoms with Gasteiger partial charge in [-0.2, -0.15) is 0 Å². The number of fused-ring (bicyclic) bond motifs is 1. The summed E-state index contributed by atoms with van der Waals surface area (Å²) >= 11 is 0. The number of pyridine rings is 1. The lowest BCUT2D eigenvalue weighted by Crippen LogP contribution is -2.09. The van der Waals surface area contributed by atoms with E-state index in [0.29, 0.717) is 18.4 Å². The number of carbonyl (C=O) groups is 1. The maximum atomic E-state index is 12.8. The summed E-state index contributed by atoms with van der Waals surface area (Å²) in [6.07, 6.45) is 7.66. The summed E-state index contributed by atoms with van der Waals surface area (Å²) in [6, 6.07) is 10.2. The zero-order chi connectivity index (χ0) is 20.6. The van der Waals surface area contributed by atoms with Crippen molar-refractivity contribution in [3.8, 4) is 0 Å². The predicted molar refractivity (Wildman–Crippen MR) is 108 cm³/mol. The van der Waals surface area contributed by atoms with Gasteiger partial charge in [-0.3, -0.25) is 4.79 Å². The number of nitrogens with zero attached hydrogens (tertiary/aromatic N) is 4. The Morgan fingerprint density at radius 3 is 2.52 bits per heavy atom. The summed E-state index contributed by atoms with van der Waals surface area (Å²) in [5, 5.41) is 0.0211. The lowest BCUT2D eigenvalue weighted by molar-refractivity contribution is 0.0982. The third-order valence-corrected chi connectivity index (χ3v) is 6.76. The number of hydrogen-bond acceptors (Lipinski definition) is 5. The van der Waals surface area contributed by atoms with Crippen LogP contribution in [0, 0.1) is 6.92 Å². The Balaban J connectivity index is 1.46. The lowest BCUT2D eigenvalue weighted by atomic mass is 10.0. The normalized spacial score (nSPS) is 11.8. The minimum Gasteiger partial charge on any atom is -0.322 e. The quantitative estimate of drug-likeness (QED) is 0.458. The summed E-state index contributed by atoms with van der Waals surface area (Å²) < 4.78 is 28.9. The number of aromatic nitrogens is 4. The molecular formula is C21H20N4O3S. The van der Waals surface area contributed by atoms with Crippen molar-refractivity contribution in [3.05, 3.63) is 78.0 Å². The molecule has 4 rings (SSSR count). The van der Waals surface area contributed by atoms with Gasteiger partial charge in [-0.15, -0.1) is 0 Å². The molecule has 29 heavy (non-hydrogen) atoms. The standard InChI is InChI=1S/C21H20N4O3S/c1-15-13-23-21(24(15)2)29(27,28)18-7-3-16(4-8-18)5-9-19(26)17-6-10-20-22-11-12-25(20)14-17/h3-4,6-8,10-14H,5,9H2,1-2H3. The van der Waals surface area contributed by atoms with Crippen LogP contribution in [0.25, 0.3) is 5.65 Å². The second kappa shape index (κ2) is 7.29. The fraction of sp³-hybridized carbons (Fsp3) is 0.190. The van der Waals surface area contributed by atoms with E-state index in [4.69, 9.17) is 0 Å². The van der Waals surface area contributed by atoms with Crippen molar-refractivity contribution >= 4 is 21.3 Å². The van der Waals surface area contributed by atoms with Crippen LogP contribution in [0.5, 0.6) is 0 Å². The minimum atomic E-state index is -3.68. The van der Waals surface area contributed by atoms with Crippen molar-refractivity contribution in [3.63, 3.8) is 0 Å². The first-order chi connectivity index (χ1) is 13.9. The smallest absolute Gasteiger partial charge is 0.240 e. The summed E-state index contributed by atoms with van der Waals surface area (Å²) in [4.78, 5) is 20.9. The third kappa shape index (κ3) is 3.58. The summed E-state index contributed by atoms with van der Waals surface area (Å²) in [6.45, 7) is 1.80. The van der Waals surface area contributed by atoms with Crippen LogP contribution in [0.2, 0.25) is 0 Å². The number of rotatable bonds is 6. The molecule has 0 bridgehead atoms. The zero-order valence-electron chi connectivity index (χ0n) is 16.1. The van der Waals surface area contributed by atoms with E-state index in [2.05, 4.69) is 9.97 Å². The molecule has 3 heterocycles. The molecule has 8 heteroatoms. The number of hydrogen-bond donors (Lipinski definition) is 0. The van der Waals surface area contributed by atoms with Crippen LogP contribution < -0.4 is 0 Å². The Bertz CT molecular complexity index is 1300. The van der Waals surface area contributed by atoms with Crippen molar-refractivity contribution in [2.75, 3.05) is 0 Å². The third-order valence-electron chi connectivity index (χ3n) is 5.00. The molecule has 0 saturated heterocycles. The lowest BCUT2D eigenvalue weighted by Gasteiger charge is -2.07. The fourth-order valence-corrected chi connectivity index (χ4v) is 4.55. The highest BCUT2D eigenvalue weighted by Gasteiger charge is 2.23. The van der Waals surface area contributed by atoms with Gasteiger partial charge in [-0.25, -0.2) is 18.4 Å². The van der Waals surface area contributed by atoms with Gasteiger partial charge in [0.05, 0.1) is 4.90 Å². The summed E-state index contributed by atoms with van der Waals surface area (Å²) in [7, 11) is -2.00. The fourth-order valence-electron chi connectivity index (χ4n) is 3.15. The minimum absolute atomic E-state index is 0.0211. The molecule has 0 spiro atoms. The molecule has 0 fully saturated rings. The van der Waals surface area contributed by atoms with Crippen LogP contribution in [-0.2, 0) is 23.3 Å². The Morgan fingerprint density at radius 1 is 1.07 bits per heavy atom. The first-order valence-electron chi connectivity index (χ1n) is 9.14. The Morgan fingerprint density at radius 2 is 1.83 bits per heavy atom. The van der Waals surface area contributed by atoms with Gasteiger partial charge in [0.25, 0.3) is 0 Å². The molecule has 4 aromatic rings. The van der Waals surface area contributed by atoms with E-state index in [1.165, 1.54) is 6.20 Å². The molecule has 0 atom stereocenters. The number of ketones is 1. The van der Waals surface area contributed by atoms with Crippen LogP contribution in [0.15, 0.2) is 71.2 Å². The summed E-state index contributed by atoms with van der Waals surface area (Å²) in [5.41, 5.74) is 3.09. The largest absolute Gasteiger partial charge is 0.322 e. The van der Waals surface area contributed by atoms with Crippen molar-refractivity contribution in [1.82, 2.24) is 18.9 Å². The molecule has 0 N–H and O–H groups in total. The second-order valence-electron chi connectivity index (χ2n) is 6.92. The van der Waals surface area contributed by atoms with Gasteiger partial charge >= 0.3 is 0 Å².